The number of amides is 2. The quantitative estimate of drug-likeness (QED) is 0.709. The summed E-state index contributed by atoms with van der Waals surface area (Å²) in [5.41, 5.74) is 2.15. The van der Waals surface area contributed by atoms with E-state index in [0.29, 0.717) is 23.7 Å². The molecule has 1 aliphatic heterocycles. The van der Waals surface area contributed by atoms with Crippen LogP contribution in [0.3, 0.4) is 0 Å². The Labute approximate surface area is 174 Å². The number of anilines is 1. The van der Waals surface area contributed by atoms with Crippen molar-refractivity contribution in [2.45, 2.75) is 12.8 Å². The van der Waals surface area contributed by atoms with Crippen molar-refractivity contribution in [1.82, 2.24) is 14.5 Å². The highest BCUT2D eigenvalue weighted by Crippen LogP contribution is 2.24. The second-order valence-electron chi connectivity index (χ2n) is 7.07. The zero-order chi connectivity index (χ0) is 20.2. The third-order valence-corrected chi connectivity index (χ3v) is 5.37. The molecule has 2 amide bonds. The molecule has 1 atom stereocenters. The van der Waals surface area contributed by atoms with Gasteiger partial charge in [0.1, 0.15) is 0 Å². The number of carbonyl (C=O) groups is 2. The topological polar surface area (TPSA) is 67.2 Å². The first-order valence-corrected chi connectivity index (χ1v) is 9.92. The Hall–Kier alpha value is -3.12. The Kier molecular flexibility index (Phi) is 5.62. The Morgan fingerprint density at radius 2 is 1.90 bits per heavy atom. The van der Waals surface area contributed by atoms with Gasteiger partial charge in [0, 0.05) is 36.1 Å². The predicted octanol–water partition coefficient (Wildman–Crippen LogP) is 4.02. The Bertz CT molecular complexity index is 1000. The third kappa shape index (κ3) is 4.32. The first-order chi connectivity index (χ1) is 14.1. The summed E-state index contributed by atoms with van der Waals surface area (Å²) in [7, 11) is 0. The van der Waals surface area contributed by atoms with Gasteiger partial charge >= 0.3 is 0 Å². The average Bonchev–Trinajstić information content (AvgIpc) is 3.29. The zero-order valence-electron chi connectivity index (χ0n) is 15.8. The number of benzene rings is 2. The van der Waals surface area contributed by atoms with Crippen LogP contribution in [0.15, 0.2) is 67.3 Å². The SMILES string of the molecule is O=C(Nc1ccccc1-n1ccnc1)C1CCCN(C(=O)c2ccc(Cl)cc2)C1. The molecule has 1 unspecified atom stereocenters. The fourth-order valence-corrected chi connectivity index (χ4v) is 3.72. The summed E-state index contributed by atoms with van der Waals surface area (Å²) in [5.74, 6) is -0.403. The van der Waals surface area contributed by atoms with Crippen LogP contribution in [-0.2, 0) is 4.79 Å². The second kappa shape index (κ2) is 8.49. The zero-order valence-corrected chi connectivity index (χ0v) is 16.5. The van der Waals surface area contributed by atoms with Crippen LogP contribution in [0.4, 0.5) is 5.69 Å². The van der Waals surface area contributed by atoms with E-state index in [4.69, 9.17) is 11.6 Å². The number of aromatic nitrogens is 2. The Morgan fingerprint density at radius 3 is 2.66 bits per heavy atom. The molecule has 29 heavy (non-hydrogen) atoms. The van der Waals surface area contributed by atoms with Gasteiger partial charge in [-0.3, -0.25) is 9.59 Å². The number of carbonyl (C=O) groups excluding carboxylic acids is 2. The van der Waals surface area contributed by atoms with Crippen molar-refractivity contribution in [2.75, 3.05) is 18.4 Å². The first-order valence-electron chi connectivity index (χ1n) is 9.55. The molecule has 1 aliphatic rings. The number of halogens is 1. The number of nitrogens with one attached hydrogen (secondary N) is 1. The lowest BCUT2D eigenvalue weighted by Gasteiger charge is -2.32. The lowest BCUT2D eigenvalue weighted by atomic mass is 9.96. The van der Waals surface area contributed by atoms with Gasteiger partial charge in [0.05, 0.1) is 23.6 Å². The van der Waals surface area contributed by atoms with Crippen LogP contribution >= 0.6 is 11.6 Å². The molecule has 2 aromatic carbocycles. The van der Waals surface area contributed by atoms with E-state index in [1.165, 1.54) is 0 Å². The normalized spacial score (nSPS) is 16.4. The van der Waals surface area contributed by atoms with Gasteiger partial charge in [-0.2, -0.15) is 0 Å². The summed E-state index contributed by atoms with van der Waals surface area (Å²) in [5, 5.41) is 3.62. The van der Waals surface area contributed by atoms with E-state index in [2.05, 4.69) is 10.3 Å². The van der Waals surface area contributed by atoms with E-state index in [-0.39, 0.29) is 17.7 Å². The van der Waals surface area contributed by atoms with Crippen molar-refractivity contribution in [3.8, 4) is 5.69 Å². The smallest absolute Gasteiger partial charge is 0.253 e. The molecule has 7 heteroatoms. The molecule has 2 heterocycles. The van der Waals surface area contributed by atoms with Gasteiger partial charge in [0.25, 0.3) is 5.91 Å². The van der Waals surface area contributed by atoms with Crippen LogP contribution in [0.1, 0.15) is 23.2 Å². The standard InChI is InChI=1S/C22H21ClN4O2/c23-18-9-7-16(8-10-18)22(29)26-12-3-4-17(14-26)21(28)25-19-5-1-2-6-20(19)27-13-11-24-15-27/h1-2,5-11,13,15,17H,3-4,12,14H2,(H,25,28). The van der Waals surface area contributed by atoms with E-state index < -0.39 is 0 Å². The molecule has 6 nitrogen and oxygen atoms in total. The minimum atomic E-state index is -0.254. The van der Waals surface area contributed by atoms with Crippen molar-refractivity contribution in [2.24, 2.45) is 5.92 Å². The van der Waals surface area contributed by atoms with E-state index in [9.17, 15) is 9.59 Å². The summed E-state index contributed by atoms with van der Waals surface area (Å²) in [6.45, 7) is 1.05. The third-order valence-electron chi connectivity index (χ3n) is 5.12. The number of para-hydroxylation sites is 2. The van der Waals surface area contributed by atoms with E-state index in [1.807, 2.05) is 35.0 Å². The molecule has 3 aromatic rings. The van der Waals surface area contributed by atoms with Crippen molar-refractivity contribution >= 4 is 29.1 Å². The molecule has 0 radical (unpaired) electrons. The largest absolute Gasteiger partial charge is 0.338 e. The molecule has 0 aliphatic carbocycles. The summed E-state index contributed by atoms with van der Waals surface area (Å²) in [4.78, 5) is 31.6. The fraction of sp³-hybridized carbons (Fsp3) is 0.227. The number of imidazole rings is 1. The van der Waals surface area contributed by atoms with Crippen LogP contribution in [0.5, 0.6) is 0 Å². The maximum atomic E-state index is 12.9. The number of nitrogens with zero attached hydrogens (tertiary/aromatic N) is 3. The number of rotatable bonds is 4. The minimum Gasteiger partial charge on any atom is -0.338 e. The molecule has 0 spiro atoms. The van der Waals surface area contributed by atoms with Gasteiger partial charge in [-0.25, -0.2) is 4.98 Å². The van der Waals surface area contributed by atoms with Crippen LogP contribution in [0, 0.1) is 5.92 Å². The molecule has 0 saturated carbocycles. The molecular weight excluding hydrogens is 388 g/mol. The van der Waals surface area contributed by atoms with Crippen molar-refractivity contribution in [3.63, 3.8) is 0 Å². The minimum absolute atomic E-state index is 0.0713. The van der Waals surface area contributed by atoms with Crippen LogP contribution < -0.4 is 5.32 Å². The van der Waals surface area contributed by atoms with Crippen LogP contribution in [0.2, 0.25) is 5.02 Å². The maximum Gasteiger partial charge on any atom is 0.253 e. The average molecular weight is 409 g/mol. The monoisotopic (exact) mass is 408 g/mol. The lowest BCUT2D eigenvalue weighted by molar-refractivity contribution is -0.121. The fourth-order valence-electron chi connectivity index (χ4n) is 3.59. The second-order valence-corrected chi connectivity index (χ2v) is 7.51. The molecule has 1 N–H and O–H groups in total. The van der Waals surface area contributed by atoms with E-state index >= 15 is 0 Å². The predicted molar refractivity (Wildman–Crippen MR) is 112 cm³/mol. The number of hydrogen-bond acceptors (Lipinski definition) is 3. The highest BCUT2D eigenvalue weighted by molar-refractivity contribution is 6.30. The molecule has 4 rings (SSSR count). The number of hydrogen-bond donors (Lipinski definition) is 1. The molecule has 148 valence electrons. The summed E-state index contributed by atoms with van der Waals surface area (Å²) in [6.07, 6.45) is 6.76. The van der Waals surface area contributed by atoms with Crippen molar-refractivity contribution < 1.29 is 9.59 Å². The highest BCUT2D eigenvalue weighted by Gasteiger charge is 2.29. The Balaban J connectivity index is 1.46. The van der Waals surface area contributed by atoms with Gasteiger partial charge in [-0.1, -0.05) is 23.7 Å². The summed E-state index contributed by atoms with van der Waals surface area (Å²) >= 11 is 5.91. The van der Waals surface area contributed by atoms with Gasteiger partial charge < -0.3 is 14.8 Å². The lowest BCUT2D eigenvalue weighted by Crippen LogP contribution is -2.43. The van der Waals surface area contributed by atoms with Gasteiger partial charge in [-0.15, -0.1) is 0 Å². The summed E-state index contributed by atoms with van der Waals surface area (Å²) < 4.78 is 1.85. The van der Waals surface area contributed by atoms with E-state index in [1.54, 1.807) is 41.7 Å². The van der Waals surface area contributed by atoms with Crippen molar-refractivity contribution in [1.29, 1.82) is 0 Å². The van der Waals surface area contributed by atoms with E-state index in [0.717, 1.165) is 24.2 Å². The molecule has 1 aromatic heterocycles. The van der Waals surface area contributed by atoms with Gasteiger partial charge in [0.2, 0.25) is 5.91 Å². The number of piperidine rings is 1. The maximum absolute atomic E-state index is 12.9. The summed E-state index contributed by atoms with van der Waals surface area (Å²) in [6, 6.07) is 14.4. The van der Waals surface area contributed by atoms with Crippen molar-refractivity contribution in [3.05, 3.63) is 77.8 Å². The molecule has 0 bridgehead atoms. The number of likely N-dealkylation sites (tertiary alicyclic amines) is 1. The molecular formula is C22H21ClN4O2. The highest BCUT2D eigenvalue weighted by atomic mass is 35.5. The molecule has 1 saturated heterocycles. The van der Waals surface area contributed by atoms with Gasteiger partial charge in [-0.05, 0) is 49.2 Å². The van der Waals surface area contributed by atoms with Crippen LogP contribution in [-0.4, -0.2) is 39.4 Å². The first kappa shape index (κ1) is 19.2. The molecule has 1 fully saturated rings. The van der Waals surface area contributed by atoms with Crippen LogP contribution in [0.25, 0.3) is 5.69 Å². The van der Waals surface area contributed by atoms with Gasteiger partial charge in [0.15, 0.2) is 0 Å². The Morgan fingerprint density at radius 1 is 1.10 bits per heavy atom.